The number of carbonyl (C=O) groups is 1. The van der Waals surface area contributed by atoms with E-state index in [4.69, 9.17) is 14.0 Å². The Morgan fingerprint density at radius 2 is 2.42 bits per heavy atom. The Hall–Kier alpha value is -2.48. The van der Waals surface area contributed by atoms with Gasteiger partial charge < -0.3 is 19.3 Å². The number of nitrogens with zero attached hydrogens (tertiary/aromatic N) is 3. The highest BCUT2D eigenvalue weighted by Crippen LogP contribution is 2.15. The van der Waals surface area contributed by atoms with Crippen LogP contribution in [0.2, 0.25) is 0 Å². The molecule has 0 radical (unpaired) electrons. The van der Waals surface area contributed by atoms with Crippen LogP contribution in [0.5, 0.6) is 5.88 Å². The fraction of sp³-hybridized carbons (Fsp3) is 0.500. The van der Waals surface area contributed by atoms with E-state index in [9.17, 15) is 4.79 Å². The molecule has 0 saturated carbocycles. The zero-order valence-corrected chi connectivity index (χ0v) is 13.5. The van der Waals surface area contributed by atoms with Crippen LogP contribution in [0.4, 0.5) is 0 Å². The van der Waals surface area contributed by atoms with E-state index in [1.165, 1.54) is 0 Å². The second kappa shape index (κ2) is 7.87. The molecule has 3 heterocycles. The van der Waals surface area contributed by atoms with Gasteiger partial charge in [-0.2, -0.15) is 4.98 Å². The van der Waals surface area contributed by atoms with Gasteiger partial charge in [-0.1, -0.05) is 5.16 Å². The first kappa shape index (κ1) is 16.4. The minimum Gasteiger partial charge on any atom is -0.472 e. The van der Waals surface area contributed by atoms with Crippen molar-refractivity contribution >= 4 is 5.91 Å². The van der Waals surface area contributed by atoms with E-state index >= 15 is 0 Å². The number of hydrogen-bond donors (Lipinski definition) is 1. The monoisotopic (exact) mass is 332 g/mol. The Labute approximate surface area is 139 Å². The van der Waals surface area contributed by atoms with Crippen LogP contribution in [0.15, 0.2) is 22.9 Å². The van der Waals surface area contributed by atoms with Crippen molar-refractivity contribution in [2.45, 2.75) is 32.3 Å². The van der Waals surface area contributed by atoms with E-state index in [-0.39, 0.29) is 12.0 Å². The van der Waals surface area contributed by atoms with Gasteiger partial charge >= 0.3 is 0 Å². The highest BCUT2D eigenvalue weighted by Gasteiger charge is 2.18. The zero-order chi connectivity index (χ0) is 16.8. The fourth-order valence-corrected chi connectivity index (χ4v) is 2.38. The van der Waals surface area contributed by atoms with Gasteiger partial charge in [0.15, 0.2) is 5.82 Å². The summed E-state index contributed by atoms with van der Waals surface area (Å²) in [6, 6.07) is 3.31. The topological polar surface area (TPSA) is 99.4 Å². The number of rotatable bonds is 7. The van der Waals surface area contributed by atoms with Crippen molar-refractivity contribution in [1.29, 1.82) is 0 Å². The number of aryl methyl sites for hydroxylation is 2. The van der Waals surface area contributed by atoms with Crippen LogP contribution in [-0.4, -0.2) is 46.9 Å². The smallest absolute Gasteiger partial charge is 0.251 e. The summed E-state index contributed by atoms with van der Waals surface area (Å²) < 4.78 is 16.0. The summed E-state index contributed by atoms with van der Waals surface area (Å²) in [5.74, 6) is 1.48. The number of nitrogens with one attached hydrogen (secondary N) is 1. The Balaban J connectivity index is 1.45. The summed E-state index contributed by atoms with van der Waals surface area (Å²) in [5, 5.41) is 6.59. The summed E-state index contributed by atoms with van der Waals surface area (Å²) >= 11 is 0. The minimum absolute atomic E-state index is 0.00803. The third-order valence-electron chi connectivity index (χ3n) is 3.59. The molecule has 2 aromatic heterocycles. The van der Waals surface area contributed by atoms with E-state index in [0.717, 1.165) is 12.8 Å². The summed E-state index contributed by atoms with van der Waals surface area (Å²) in [7, 11) is 0. The maximum atomic E-state index is 12.2. The van der Waals surface area contributed by atoms with Gasteiger partial charge in [0.25, 0.3) is 5.91 Å². The number of hydrogen-bond acceptors (Lipinski definition) is 7. The molecule has 1 saturated heterocycles. The molecule has 1 unspecified atom stereocenters. The second-order valence-corrected chi connectivity index (χ2v) is 5.58. The van der Waals surface area contributed by atoms with Gasteiger partial charge in [0, 0.05) is 37.2 Å². The van der Waals surface area contributed by atoms with Gasteiger partial charge in [0.05, 0.1) is 13.2 Å². The molecule has 1 fully saturated rings. The van der Waals surface area contributed by atoms with E-state index in [1.807, 2.05) is 0 Å². The van der Waals surface area contributed by atoms with Crippen LogP contribution in [0.25, 0.3) is 0 Å². The highest BCUT2D eigenvalue weighted by molar-refractivity contribution is 5.94. The maximum absolute atomic E-state index is 12.2. The van der Waals surface area contributed by atoms with Gasteiger partial charge in [0.1, 0.15) is 6.10 Å². The molecule has 1 N–H and O–H groups in total. The largest absolute Gasteiger partial charge is 0.472 e. The Bertz CT molecular complexity index is 682. The quantitative estimate of drug-likeness (QED) is 0.763. The van der Waals surface area contributed by atoms with E-state index in [0.29, 0.717) is 49.3 Å². The number of pyridine rings is 1. The molecule has 0 spiro atoms. The summed E-state index contributed by atoms with van der Waals surface area (Å²) in [6.07, 6.45) is 3.78. The van der Waals surface area contributed by atoms with Crippen molar-refractivity contribution in [2.24, 2.45) is 0 Å². The molecule has 0 bridgehead atoms. The molecule has 1 aliphatic rings. The lowest BCUT2D eigenvalue weighted by atomic mass is 10.2. The fourth-order valence-electron chi connectivity index (χ4n) is 2.38. The Kier molecular flexibility index (Phi) is 5.37. The first-order chi connectivity index (χ1) is 11.7. The standard InChI is InChI=1S/C16H20N4O4/c1-11-19-14(24-20-11)3-2-6-18-16(21)12-4-7-17-15(9-12)23-13-5-8-22-10-13/h4,7,9,13H,2-3,5-6,8,10H2,1H3,(H,18,21). The van der Waals surface area contributed by atoms with Gasteiger partial charge in [-0.3, -0.25) is 4.79 Å². The van der Waals surface area contributed by atoms with Crippen LogP contribution in [0.3, 0.4) is 0 Å². The predicted molar refractivity (Wildman–Crippen MR) is 83.8 cm³/mol. The van der Waals surface area contributed by atoms with Crippen molar-refractivity contribution in [3.63, 3.8) is 0 Å². The molecule has 24 heavy (non-hydrogen) atoms. The Morgan fingerprint density at radius 1 is 1.50 bits per heavy atom. The number of ether oxygens (including phenoxy) is 2. The zero-order valence-electron chi connectivity index (χ0n) is 13.5. The van der Waals surface area contributed by atoms with E-state index in [2.05, 4.69) is 20.4 Å². The van der Waals surface area contributed by atoms with Crippen LogP contribution >= 0.6 is 0 Å². The molecule has 1 aliphatic heterocycles. The van der Waals surface area contributed by atoms with Gasteiger partial charge in [-0.15, -0.1) is 0 Å². The normalized spacial score (nSPS) is 17.0. The SMILES string of the molecule is Cc1noc(CCCNC(=O)c2ccnc(OC3CCOC3)c2)n1. The molecule has 1 amide bonds. The second-order valence-electron chi connectivity index (χ2n) is 5.58. The molecule has 0 aromatic carbocycles. The van der Waals surface area contributed by atoms with Crippen LogP contribution < -0.4 is 10.1 Å². The van der Waals surface area contributed by atoms with E-state index < -0.39 is 0 Å². The highest BCUT2D eigenvalue weighted by atomic mass is 16.5. The van der Waals surface area contributed by atoms with Crippen LogP contribution in [0, 0.1) is 6.92 Å². The molecule has 1 atom stereocenters. The third kappa shape index (κ3) is 4.51. The number of carbonyl (C=O) groups excluding carboxylic acids is 1. The lowest BCUT2D eigenvalue weighted by molar-refractivity contribution is 0.0951. The van der Waals surface area contributed by atoms with Gasteiger partial charge in [-0.05, 0) is 19.4 Å². The molecule has 0 aliphatic carbocycles. The molecular weight excluding hydrogens is 312 g/mol. The van der Waals surface area contributed by atoms with Crippen molar-refractivity contribution < 1.29 is 18.8 Å². The van der Waals surface area contributed by atoms with Crippen molar-refractivity contribution in [2.75, 3.05) is 19.8 Å². The first-order valence-corrected chi connectivity index (χ1v) is 7.98. The minimum atomic E-state index is -0.161. The summed E-state index contributed by atoms with van der Waals surface area (Å²) in [5.41, 5.74) is 0.521. The molecule has 2 aromatic rings. The average Bonchev–Trinajstić information content (AvgIpc) is 3.23. The van der Waals surface area contributed by atoms with Crippen molar-refractivity contribution in [3.05, 3.63) is 35.6 Å². The van der Waals surface area contributed by atoms with Crippen molar-refractivity contribution in [3.8, 4) is 5.88 Å². The molecule has 128 valence electrons. The lowest BCUT2D eigenvalue weighted by Crippen LogP contribution is -2.25. The number of aromatic nitrogens is 3. The predicted octanol–water partition coefficient (Wildman–Crippen LogP) is 1.30. The van der Waals surface area contributed by atoms with Gasteiger partial charge in [0.2, 0.25) is 11.8 Å². The number of amides is 1. The molecule has 8 nitrogen and oxygen atoms in total. The molecule has 8 heteroatoms. The van der Waals surface area contributed by atoms with Gasteiger partial charge in [-0.25, -0.2) is 4.98 Å². The maximum Gasteiger partial charge on any atom is 0.251 e. The lowest BCUT2D eigenvalue weighted by Gasteiger charge is -2.11. The molecular formula is C16H20N4O4. The summed E-state index contributed by atoms with van der Waals surface area (Å²) in [4.78, 5) is 20.4. The van der Waals surface area contributed by atoms with Crippen molar-refractivity contribution in [1.82, 2.24) is 20.4 Å². The summed E-state index contributed by atoms with van der Waals surface area (Å²) in [6.45, 7) is 3.56. The first-order valence-electron chi connectivity index (χ1n) is 7.98. The average molecular weight is 332 g/mol. The Morgan fingerprint density at radius 3 is 3.17 bits per heavy atom. The van der Waals surface area contributed by atoms with E-state index in [1.54, 1.807) is 25.3 Å². The molecule has 3 rings (SSSR count). The van der Waals surface area contributed by atoms with Crippen LogP contribution in [0.1, 0.15) is 34.9 Å². The van der Waals surface area contributed by atoms with Crippen LogP contribution in [-0.2, 0) is 11.2 Å². The third-order valence-corrected chi connectivity index (χ3v) is 3.59.